The average Bonchev–Trinajstić information content (AvgIpc) is 2.10. The first-order valence-electron chi connectivity index (χ1n) is 4.87. The van der Waals surface area contributed by atoms with Gasteiger partial charge in [0.1, 0.15) is 5.78 Å². The summed E-state index contributed by atoms with van der Waals surface area (Å²) in [4.78, 5) is 21.4. The van der Waals surface area contributed by atoms with Gasteiger partial charge in [0.25, 0.3) is 0 Å². The third-order valence-corrected chi connectivity index (χ3v) is 1.96. The first-order valence-corrected chi connectivity index (χ1v) is 4.87. The Hall–Kier alpha value is -0.860. The molecule has 76 valence electrons. The normalized spacial score (nSPS) is 9.69. The van der Waals surface area contributed by atoms with E-state index in [0.29, 0.717) is 12.8 Å². The smallest absolute Gasteiger partial charge is 0.219 e. The van der Waals surface area contributed by atoms with Crippen molar-refractivity contribution in [1.29, 1.82) is 0 Å². The third-order valence-electron chi connectivity index (χ3n) is 1.96. The quantitative estimate of drug-likeness (QED) is 0.613. The van der Waals surface area contributed by atoms with Crippen LogP contribution in [0.4, 0.5) is 0 Å². The molecule has 3 heteroatoms. The molecule has 0 spiro atoms. The Labute approximate surface area is 79.9 Å². The van der Waals surface area contributed by atoms with E-state index >= 15 is 0 Å². The number of nitrogens with one attached hydrogen (secondary N) is 1. The predicted molar refractivity (Wildman–Crippen MR) is 52.4 cm³/mol. The molecule has 0 aliphatic rings. The molecule has 3 nitrogen and oxygen atoms in total. The Morgan fingerprint density at radius 1 is 1.00 bits per heavy atom. The maximum Gasteiger partial charge on any atom is 0.219 e. The van der Waals surface area contributed by atoms with E-state index in [2.05, 4.69) is 5.32 Å². The molecule has 0 radical (unpaired) electrons. The second-order valence-corrected chi connectivity index (χ2v) is 3.29. The monoisotopic (exact) mass is 185 g/mol. The van der Waals surface area contributed by atoms with E-state index in [1.807, 2.05) is 0 Å². The standard InChI is InChI=1S/C10H19NO2/c1-9(12)7-5-3-4-6-8-10(13)11-2/h3-8H2,1-2H3,(H,11,13). The summed E-state index contributed by atoms with van der Waals surface area (Å²) in [5, 5.41) is 2.58. The fraction of sp³-hybridized carbons (Fsp3) is 0.800. The Morgan fingerprint density at radius 3 is 2.00 bits per heavy atom. The van der Waals surface area contributed by atoms with Gasteiger partial charge in [-0.05, 0) is 19.8 Å². The maximum atomic E-state index is 10.8. The second-order valence-electron chi connectivity index (χ2n) is 3.29. The fourth-order valence-corrected chi connectivity index (χ4v) is 1.14. The highest BCUT2D eigenvalue weighted by atomic mass is 16.1. The van der Waals surface area contributed by atoms with Gasteiger partial charge in [0.05, 0.1) is 0 Å². The lowest BCUT2D eigenvalue weighted by Crippen LogP contribution is -2.16. The summed E-state index contributed by atoms with van der Waals surface area (Å²) in [6, 6.07) is 0. The summed E-state index contributed by atoms with van der Waals surface area (Å²) in [6.45, 7) is 1.62. The molecule has 0 heterocycles. The van der Waals surface area contributed by atoms with E-state index in [-0.39, 0.29) is 11.7 Å². The molecule has 0 aliphatic heterocycles. The van der Waals surface area contributed by atoms with Crippen LogP contribution in [0.15, 0.2) is 0 Å². The van der Waals surface area contributed by atoms with Crippen molar-refractivity contribution in [3.63, 3.8) is 0 Å². The van der Waals surface area contributed by atoms with Crippen LogP contribution in [0, 0.1) is 0 Å². The summed E-state index contributed by atoms with van der Waals surface area (Å²) >= 11 is 0. The number of amides is 1. The number of ketones is 1. The zero-order valence-electron chi connectivity index (χ0n) is 8.56. The molecular formula is C10H19NO2. The van der Waals surface area contributed by atoms with Gasteiger partial charge in [-0.3, -0.25) is 4.79 Å². The van der Waals surface area contributed by atoms with Crippen LogP contribution in [0.5, 0.6) is 0 Å². The molecule has 13 heavy (non-hydrogen) atoms. The molecule has 0 aromatic carbocycles. The van der Waals surface area contributed by atoms with Gasteiger partial charge >= 0.3 is 0 Å². The Kier molecular flexibility index (Phi) is 7.26. The molecule has 0 unspecified atom stereocenters. The molecule has 1 amide bonds. The summed E-state index contributed by atoms with van der Waals surface area (Å²) < 4.78 is 0. The van der Waals surface area contributed by atoms with E-state index in [1.54, 1.807) is 14.0 Å². The van der Waals surface area contributed by atoms with E-state index < -0.39 is 0 Å². The molecule has 0 fully saturated rings. The Morgan fingerprint density at radius 2 is 1.54 bits per heavy atom. The zero-order valence-corrected chi connectivity index (χ0v) is 8.56. The van der Waals surface area contributed by atoms with Crippen LogP contribution in [-0.4, -0.2) is 18.7 Å². The second kappa shape index (κ2) is 7.77. The highest BCUT2D eigenvalue weighted by Gasteiger charge is 1.97. The number of unbranched alkanes of at least 4 members (excludes halogenated alkanes) is 3. The number of carbonyl (C=O) groups excluding carboxylic acids is 2. The molecule has 0 saturated carbocycles. The van der Waals surface area contributed by atoms with Crippen LogP contribution in [0.25, 0.3) is 0 Å². The largest absolute Gasteiger partial charge is 0.359 e. The van der Waals surface area contributed by atoms with Crippen LogP contribution < -0.4 is 5.32 Å². The first kappa shape index (κ1) is 12.1. The molecular weight excluding hydrogens is 166 g/mol. The predicted octanol–water partition coefficient (Wildman–Crippen LogP) is 1.66. The highest BCUT2D eigenvalue weighted by molar-refractivity contribution is 5.75. The van der Waals surface area contributed by atoms with Crippen molar-refractivity contribution in [2.24, 2.45) is 0 Å². The first-order chi connectivity index (χ1) is 6.16. The average molecular weight is 185 g/mol. The van der Waals surface area contributed by atoms with Crippen LogP contribution in [0.3, 0.4) is 0 Å². The summed E-state index contributed by atoms with van der Waals surface area (Å²) in [7, 11) is 1.65. The molecule has 0 aromatic heterocycles. The van der Waals surface area contributed by atoms with Crippen LogP contribution in [0.1, 0.15) is 45.4 Å². The van der Waals surface area contributed by atoms with Gasteiger partial charge < -0.3 is 10.1 Å². The highest BCUT2D eigenvalue weighted by Crippen LogP contribution is 2.05. The van der Waals surface area contributed by atoms with Crippen molar-refractivity contribution < 1.29 is 9.59 Å². The maximum absolute atomic E-state index is 10.8. The molecule has 0 aromatic rings. The van der Waals surface area contributed by atoms with Crippen LogP contribution in [-0.2, 0) is 9.59 Å². The lowest BCUT2D eigenvalue weighted by molar-refractivity contribution is -0.121. The molecule has 0 aliphatic carbocycles. The Balaban J connectivity index is 3.08. The van der Waals surface area contributed by atoms with E-state index in [1.165, 1.54) is 0 Å². The van der Waals surface area contributed by atoms with Crippen LogP contribution >= 0.6 is 0 Å². The van der Waals surface area contributed by atoms with Crippen molar-refractivity contribution in [3.8, 4) is 0 Å². The van der Waals surface area contributed by atoms with Gasteiger partial charge in [0.2, 0.25) is 5.91 Å². The molecule has 0 bridgehead atoms. The summed E-state index contributed by atoms with van der Waals surface area (Å²) in [5.41, 5.74) is 0. The van der Waals surface area contributed by atoms with Crippen molar-refractivity contribution in [2.45, 2.75) is 45.4 Å². The van der Waals surface area contributed by atoms with Crippen molar-refractivity contribution in [3.05, 3.63) is 0 Å². The molecule has 1 N–H and O–H groups in total. The van der Waals surface area contributed by atoms with Gasteiger partial charge in [-0.2, -0.15) is 0 Å². The van der Waals surface area contributed by atoms with Crippen LogP contribution in [0.2, 0.25) is 0 Å². The number of Topliss-reactive ketones (excluding diaryl/α,β-unsaturated/α-hetero) is 1. The summed E-state index contributed by atoms with van der Waals surface area (Å²) in [6.07, 6.45) is 5.27. The van der Waals surface area contributed by atoms with Gasteiger partial charge in [-0.25, -0.2) is 0 Å². The topological polar surface area (TPSA) is 46.2 Å². The van der Waals surface area contributed by atoms with Gasteiger partial charge in [-0.1, -0.05) is 12.8 Å². The fourth-order valence-electron chi connectivity index (χ4n) is 1.14. The lowest BCUT2D eigenvalue weighted by atomic mass is 10.1. The number of rotatable bonds is 7. The summed E-state index contributed by atoms with van der Waals surface area (Å²) in [5.74, 6) is 0.359. The minimum absolute atomic E-state index is 0.103. The van der Waals surface area contributed by atoms with Gasteiger partial charge in [0.15, 0.2) is 0 Å². The SMILES string of the molecule is CNC(=O)CCCCCCC(C)=O. The molecule has 0 atom stereocenters. The van der Waals surface area contributed by atoms with Crippen molar-refractivity contribution in [1.82, 2.24) is 5.32 Å². The minimum atomic E-state index is 0.103. The number of hydrogen-bond donors (Lipinski definition) is 1. The zero-order chi connectivity index (χ0) is 10.1. The van der Waals surface area contributed by atoms with E-state index in [4.69, 9.17) is 0 Å². The number of hydrogen-bond acceptors (Lipinski definition) is 2. The lowest BCUT2D eigenvalue weighted by Gasteiger charge is -1.99. The van der Waals surface area contributed by atoms with Gasteiger partial charge in [0, 0.05) is 19.9 Å². The Bertz CT molecular complexity index is 166. The van der Waals surface area contributed by atoms with Crippen molar-refractivity contribution >= 4 is 11.7 Å². The van der Waals surface area contributed by atoms with E-state index in [0.717, 1.165) is 25.7 Å². The van der Waals surface area contributed by atoms with E-state index in [9.17, 15) is 9.59 Å². The molecule has 0 rings (SSSR count). The number of carbonyl (C=O) groups is 2. The third kappa shape index (κ3) is 9.05. The van der Waals surface area contributed by atoms with Crippen molar-refractivity contribution in [2.75, 3.05) is 7.05 Å². The molecule has 0 saturated heterocycles. The minimum Gasteiger partial charge on any atom is -0.359 e. The van der Waals surface area contributed by atoms with Gasteiger partial charge in [-0.15, -0.1) is 0 Å².